The zero-order valence-corrected chi connectivity index (χ0v) is 11.6. The van der Waals surface area contributed by atoms with Gasteiger partial charge in [0, 0.05) is 37.9 Å². The topological polar surface area (TPSA) is 58.6 Å². The molecule has 1 amide bonds. The summed E-state index contributed by atoms with van der Waals surface area (Å²) in [4.78, 5) is 23.8. The van der Waals surface area contributed by atoms with E-state index in [9.17, 15) is 4.79 Å². The number of aromatic nitrogens is 2. The van der Waals surface area contributed by atoms with Crippen molar-refractivity contribution in [2.24, 2.45) is 0 Å². The van der Waals surface area contributed by atoms with Crippen LogP contribution < -0.4 is 4.90 Å². The van der Waals surface area contributed by atoms with Crippen LogP contribution in [0.15, 0.2) is 12.4 Å². The number of halogens is 1. The number of carbonyl (C=O) groups excluding carboxylic acids is 1. The van der Waals surface area contributed by atoms with Gasteiger partial charge < -0.3 is 14.5 Å². The van der Waals surface area contributed by atoms with Crippen molar-refractivity contribution in [1.29, 1.82) is 0 Å². The summed E-state index contributed by atoms with van der Waals surface area (Å²) >= 11 is 5.48. The molecule has 1 fully saturated rings. The van der Waals surface area contributed by atoms with Gasteiger partial charge >= 0.3 is 6.09 Å². The Kier molecular flexibility index (Phi) is 4.79. The molecular weight excluding hydrogens is 268 g/mol. The molecule has 2 rings (SSSR count). The standard InChI is InChI=1S/C12H17ClN4O2/c1-10-8-11(15-9-14-10)16-3-5-17(6-4-16)12(18)19-7-2-13/h8-9H,2-7H2,1H3. The third-order valence-corrected chi connectivity index (χ3v) is 3.11. The van der Waals surface area contributed by atoms with E-state index in [0.717, 1.165) is 24.6 Å². The molecule has 0 aliphatic carbocycles. The molecule has 0 spiro atoms. The molecule has 1 saturated heterocycles. The second-order valence-electron chi connectivity index (χ2n) is 4.30. The van der Waals surface area contributed by atoms with Crippen LogP contribution >= 0.6 is 11.6 Å². The largest absolute Gasteiger partial charge is 0.448 e. The van der Waals surface area contributed by atoms with Crippen molar-refractivity contribution in [2.45, 2.75) is 6.92 Å². The van der Waals surface area contributed by atoms with Gasteiger partial charge in [0.2, 0.25) is 0 Å². The summed E-state index contributed by atoms with van der Waals surface area (Å²) in [5.41, 5.74) is 0.939. The SMILES string of the molecule is Cc1cc(N2CCN(C(=O)OCCCl)CC2)ncn1. The fourth-order valence-electron chi connectivity index (χ4n) is 1.95. The zero-order valence-electron chi connectivity index (χ0n) is 10.9. The summed E-state index contributed by atoms with van der Waals surface area (Å²) in [6.45, 7) is 4.93. The van der Waals surface area contributed by atoms with Crippen molar-refractivity contribution in [2.75, 3.05) is 43.6 Å². The smallest absolute Gasteiger partial charge is 0.409 e. The van der Waals surface area contributed by atoms with E-state index >= 15 is 0 Å². The minimum absolute atomic E-state index is 0.256. The van der Waals surface area contributed by atoms with Gasteiger partial charge in [-0.25, -0.2) is 14.8 Å². The molecule has 0 aromatic carbocycles. The van der Waals surface area contributed by atoms with Crippen LogP contribution in [-0.4, -0.2) is 59.6 Å². The molecule has 19 heavy (non-hydrogen) atoms. The number of hydrogen-bond acceptors (Lipinski definition) is 5. The van der Waals surface area contributed by atoms with Gasteiger partial charge in [-0.05, 0) is 6.92 Å². The van der Waals surface area contributed by atoms with E-state index in [2.05, 4.69) is 14.9 Å². The number of hydrogen-bond donors (Lipinski definition) is 0. The van der Waals surface area contributed by atoms with Gasteiger partial charge in [-0.1, -0.05) is 0 Å². The number of alkyl halides is 1. The third-order valence-electron chi connectivity index (χ3n) is 2.95. The third kappa shape index (κ3) is 3.70. The summed E-state index contributed by atoms with van der Waals surface area (Å²) < 4.78 is 5.00. The van der Waals surface area contributed by atoms with E-state index in [-0.39, 0.29) is 12.7 Å². The van der Waals surface area contributed by atoms with Gasteiger partial charge in [-0.2, -0.15) is 0 Å². The van der Waals surface area contributed by atoms with E-state index in [0.29, 0.717) is 19.0 Å². The highest BCUT2D eigenvalue weighted by atomic mass is 35.5. The van der Waals surface area contributed by atoms with Crippen LogP contribution in [-0.2, 0) is 4.74 Å². The second kappa shape index (κ2) is 6.56. The van der Waals surface area contributed by atoms with E-state index in [1.807, 2.05) is 13.0 Å². The highest BCUT2D eigenvalue weighted by Gasteiger charge is 2.22. The average molecular weight is 285 g/mol. The Morgan fingerprint density at radius 3 is 2.74 bits per heavy atom. The quantitative estimate of drug-likeness (QED) is 0.783. The Labute approximate surface area is 117 Å². The molecule has 104 valence electrons. The Morgan fingerprint density at radius 1 is 1.37 bits per heavy atom. The van der Waals surface area contributed by atoms with E-state index < -0.39 is 0 Å². The molecule has 1 aromatic rings. The molecule has 0 unspecified atom stereocenters. The molecular formula is C12H17ClN4O2. The molecule has 0 radical (unpaired) electrons. The number of aryl methyl sites for hydroxylation is 1. The summed E-state index contributed by atoms with van der Waals surface area (Å²) in [7, 11) is 0. The number of carbonyl (C=O) groups is 1. The van der Waals surface area contributed by atoms with Crippen LogP contribution in [0, 0.1) is 6.92 Å². The van der Waals surface area contributed by atoms with Crippen molar-refractivity contribution in [3.8, 4) is 0 Å². The first kappa shape index (κ1) is 13.9. The van der Waals surface area contributed by atoms with Crippen LogP contribution in [0.25, 0.3) is 0 Å². The lowest BCUT2D eigenvalue weighted by Gasteiger charge is -2.34. The molecule has 1 aliphatic rings. The number of nitrogens with zero attached hydrogens (tertiary/aromatic N) is 4. The highest BCUT2D eigenvalue weighted by Crippen LogP contribution is 2.13. The van der Waals surface area contributed by atoms with Gasteiger partial charge in [0.25, 0.3) is 0 Å². The van der Waals surface area contributed by atoms with Crippen LogP contribution in [0.5, 0.6) is 0 Å². The first-order valence-corrected chi connectivity index (χ1v) is 6.75. The van der Waals surface area contributed by atoms with Gasteiger partial charge in [-0.3, -0.25) is 0 Å². The number of amides is 1. The van der Waals surface area contributed by atoms with Gasteiger partial charge in [0.15, 0.2) is 0 Å². The summed E-state index contributed by atoms with van der Waals surface area (Å²) in [5, 5.41) is 0. The van der Waals surface area contributed by atoms with E-state index in [1.165, 1.54) is 0 Å². The predicted molar refractivity (Wildman–Crippen MR) is 72.6 cm³/mol. The van der Waals surface area contributed by atoms with Crippen molar-refractivity contribution >= 4 is 23.5 Å². The fraction of sp³-hybridized carbons (Fsp3) is 0.583. The number of rotatable bonds is 3. The highest BCUT2D eigenvalue weighted by molar-refractivity contribution is 6.18. The van der Waals surface area contributed by atoms with E-state index in [4.69, 9.17) is 16.3 Å². The Balaban J connectivity index is 1.87. The molecule has 0 N–H and O–H groups in total. The van der Waals surface area contributed by atoms with Gasteiger partial charge in [0.05, 0.1) is 5.88 Å². The Hall–Kier alpha value is -1.56. The normalized spacial score (nSPS) is 15.5. The number of ether oxygens (including phenoxy) is 1. The molecule has 0 bridgehead atoms. The molecule has 0 atom stereocenters. The molecule has 0 saturated carbocycles. The Morgan fingerprint density at radius 2 is 2.11 bits per heavy atom. The number of piperazine rings is 1. The van der Waals surface area contributed by atoms with Crippen molar-refractivity contribution < 1.29 is 9.53 Å². The average Bonchev–Trinajstić information content (AvgIpc) is 2.45. The van der Waals surface area contributed by atoms with Crippen molar-refractivity contribution in [3.63, 3.8) is 0 Å². The number of anilines is 1. The zero-order chi connectivity index (χ0) is 13.7. The molecule has 7 heteroatoms. The molecule has 1 aromatic heterocycles. The maximum absolute atomic E-state index is 11.7. The van der Waals surface area contributed by atoms with Crippen molar-refractivity contribution in [3.05, 3.63) is 18.1 Å². The second-order valence-corrected chi connectivity index (χ2v) is 4.67. The maximum atomic E-state index is 11.7. The monoisotopic (exact) mass is 284 g/mol. The van der Waals surface area contributed by atoms with Gasteiger partial charge in [0.1, 0.15) is 18.8 Å². The molecule has 1 aliphatic heterocycles. The van der Waals surface area contributed by atoms with Crippen LogP contribution in [0.3, 0.4) is 0 Å². The first-order valence-electron chi connectivity index (χ1n) is 6.22. The fourth-order valence-corrected chi connectivity index (χ4v) is 2.03. The van der Waals surface area contributed by atoms with Crippen molar-refractivity contribution in [1.82, 2.24) is 14.9 Å². The summed E-state index contributed by atoms with van der Waals surface area (Å²) in [5.74, 6) is 1.23. The predicted octanol–water partition coefficient (Wildman–Crippen LogP) is 1.28. The maximum Gasteiger partial charge on any atom is 0.409 e. The molecule has 2 heterocycles. The Bertz CT molecular complexity index is 435. The van der Waals surface area contributed by atoms with Crippen LogP contribution in [0.4, 0.5) is 10.6 Å². The first-order chi connectivity index (χ1) is 9.20. The van der Waals surface area contributed by atoms with Gasteiger partial charge in [-0.15, -0.1) is 11.6 Å². The van der Waals surface area contributed by atoms with Crippen LogP contribution in [0.2, 0.25) is 0 Å². The lowest BCUT2D eigenvalue weighted by Crippen LogP contribution is -2.49. The molecule has 6 nitrogen and oxygen atoms in total. The van der Waals surface area contributed by atoms with Crippen LogP contribution in [0.1, 0.15) is 5.69 Å². The lowest BCUT2D eigenvalue weighted by molar-refractivity contribution is 0.105. The minimum Gasteiger partial charge on any atom is -0.448 e. The minimum atomic E-state index is -0.292. The summed E-state index contributed by atoms with van der Waals surface area (Å²) in [6.07, 6.45) is 1.27. The van der Waals surface area contributed by atoms with E-state index in [1.54, 1.807) is 11.2 Å². The summed E-state index contributed by atoms with van der Waals surface area (Å²) in [6, 6.07) is 1.95. The lowest BCUT2D eigenvalue weighted by atomic mass is 10.3.